The second-order valence-electron chi connectivity index (χ2n) is 5.38. The number of nitrogens with one attached hydrogen (secondary N) is 1. The molecule has 25 heavy (non-hydrogen) atoms. The molecule has 0 aromatic heterocycles. The molecule has 0 saturated carbocycles. The molecular weight excluding hydrogens is 326 g/mol. The number of non-ortho nitro benzene ring substituents is 1. The van der Waals surface area contributed by atoms with Crippen LogP contribution in [0, 0.1) is 10.1 Å². The van der Waals surface area contributed by atoms with Crippen LogP contribution in [0.3, 0.4) is 0 Å². The van der Waals surface area contributed by atoms with Gasteiger partial charge in [0.2, 0.25) is 0 Å². The number of hydrogen-bond acceptors (Lipinski definition) is 5. The van der Waals surface area contributed by atoms with Crippen LogP contribution in [0.2, 0.25) is 0 Å². The number of nitro groups is 1. The second-order valence-corrected chi connectivity index (χ2v) is 5.38. The fourth-order valence-electron chi connectivity index (χ4n) is 2.55. The zero-order valence-electron chi connectivity index (χ0n) is 13.2. The molecule has 1 fully saturated rings. The largest absolute Gasteiger partial charge is 0.370 e. The summed E-state index contributed by atoms with van der Waals surface area (Å²) in [6.45, 7) is 0.529. The van der Waals surface area contributed by atoms with E-state index >= 15 is 0 Å². The van der Waals surface area contributed by atoms with Crippen molar-refractivity contribution in [2.45, 2.75) is 0 Å². The Kier molecular flexibility index (Phi) is 4.71. The third-order valence-corrected chi connectivity index (χ3v) is 3.74. The summed E-state index contributed by atoms with van der Waals surface area (Å²) in [6.07, 6.45) is 0. The minimum atomic E-state index is -0.579. The molecule has 0 spiro atoms. The molecule has 0 radical (unpaired) electrons. The number of carbonyl (C=O) groups excluding carboxylic acids is 2. The minimum Gasteiger partial charge on any atom is -0.370 e. The third-order valence-electron chi connectivity index (χ3n) is 3.74. The smallest absolute Gasteiger partial charge is 0.270 e. The number of anilines is 2. The van der Waals surface area contributed by atoms with E-state index in [0.717, 1.165) is 0 Å². The number of hydrogen-bond donors (Lipinski definition) is 1. The van der Waals surface area contributed by atoms with E-state index in [0.29, 0.717) is 18.0 Å². The number of nitro benzene ring substituents is 1. The van der Waals surface area contributed by atoms with Crippen molar-refractivity contribution in [2.75, 3.05) is 30.0 Å². The molecule has 2 aromatic carbocycles. The lowest BCUT2D eigenvalue weighted by molar-refractivity contribution is -0.384. The maximum Gasteiger partial charge on any atom is 0.270 e. The third kappa shape index (κ3) is 3.64. The molecule has 8 nitrogen and oxygen atoms in total. The quantitative estimate of drug-likeness (QED) is 0.678. The Morgan fingerprint density at radius 1 is 1.20 bits per heavy atom. The van der Waals surface area contributed by atoms with E-state index in [4.69, 9.17) is 4.74 Å². The highest BCUT2D eigenvalue weighted by atomic mass is 16.6. The molecule has 2 aromatic rings. The van der Waals surface area contributed by atoms with Gasteiger partial charge >= 0.3 is 0 Å². The van der Waals surface area contributed by atoms with E-state index in [-0.39, 0.29) is 30.3 Å². The van der Waals surface area contributed by atoms with Gasteiger partial charge in [0.15, 0.2) is 0 Å². The van der Waals surface area contributed by atoms with Crippen LogP contribution in [0.4, 0.5) is 17.1 Å². The van der Waals surface area contributed by atoms with Crippen LogP contribution in [0.15, 0.2) is 48.5 Å². The average Bonchev–Trinajstić information content (AvgIpc) is 2.62. The molecule has 0 aliphatic carbocycles. The average molecular weight is 341 g/mol. The topological polar surface area (TPSA) is 102 Å². The number of amides is 2. The van der Waals surface area contributed by atoms with Crippen LogP contribution >= 0.6 is 0 Å². The molecule has 8 heteroatoms. The van der Waals surface area contributed by atoms with Gasteiger partial charge in [0, 0.05) is 24.4 Å². The Hall–Kier alpha value is -3.26. The fourth-order valence-corrected chi connectivity index (χ4v) is 2.55. The van der Waals surface area contributed by atoms with Crippen molar-refractivity contribution in [2.24, 2.45) is 0 Å². The van der Waals surface area contributed by atoms with E-state index in [9.17, 15) is 19.7 Å². The molecular formula is C17H15N3O5. The van der Waals surface area contributed by atoms with Crippen LogP contribution < -0.4 is 10.2 Å². The first-order valence-corrected chi connectivity index (χ1v) is 7.59. The Bertz CT molecular complexity index is 822. The van der Waals surface area contributed by atoms with Gasteiger partial charge in [-0.1, -0.05) is 18.2 Å². The van der Waals surface area contributed by atoms with Crippen LogP contribution in [0.1, 0.15) is 10.4 Å². The zero-order valence-corrected chi connectivity index (χ0v) is 13.2. The first-order valence-electron chi connectivity index (χ1n) is 7.59. The normalized spacial score (nSPS) is 14.2. The van der Waals surface area contributed by atoms with Gasteiger partial charge in [0.1, 0.15) is 6.61 Å². The van der Waals surface area contributed by atoms with Gasteiger partial charge in [-0.15, -0.1) is 0 Å². The highest BCUT2D eigenvalue weighted by Gasteiger charge is 2.26. The summed E-state index contributed by atoms with van der Waals surface area (Å²) in [4.78, 5) is 36.6. The number of para-hydroxylation sites is 1. The lowest BCUT2D eigenvalue weighted by Gasteiger charge is -2.28. The van der Waals surface area contributed by atoms with Crippen LogP contribution in [-0.2, 0) is 9.53 Å². The summed E-state index contributed by atoms with van der Waals surface area (Å²) >= 11 is 0. The molecule has 0 bridgehead atoms. The minimum absolute atomic E-state index is 0.0632. The summed E-state index contributed by atoms with van der Waals surface area (Å²) in [5.41, 5.74) is 0.724. The fraction of sp³-hybridized carbons (Fsp3) is 0.176. The lowest BCUT2D eigenvalue weighted by Crippen LogP contribution is -2.42. The highest BCUT2D eigenvalue weighted by molar-refractivity contribution is 6.11. The summed E-state index contributed by atoms with van der Waals surface area (Å²) < 4.78 is 5.09. The van der Waals surface area contributed by atoms with Crippen molar-refractivity contribution in [3.05, 3.63) is 64.2 Å². The SMILES string of the molecule is O=C(Nc1ccccc1)c1cc([N+](=O)[O-])ccc1N1CCOCC1=O. The predicted molar refractivity (Wildman–Crippen MR) is 90.7 cm³/mol. The van der Waals surface area contributed by atoms with Crippen molar-refractivity contribution < 1.29 is 19.2 Å². The van der Waals surface area contributed by atoms with E-state index in [2.05, 4.69) is 5.32 Å². The molecule has 1 aliphatic heterocycles. The highest BCUT2D eigenvalue weighted by Crippen LogP contribution is 2.27. The van der Waals surface area contributed by atoms with E-state index in [1.54, 1.807) is 30.3 Å². The molecule has 1 aliphatic rings. The van der Waals surface area contributed by atoms with Gasteiger partial charge < -0.3 is 15.0 Å². The molecule has 128 valence electrons. The van der Waals surface area contributed by atoms with Crippen molar-refractivity contribution in [1.29, 1.82) is 0 Å². The zero-order chi connectivity index (χ0) is 17.8. The summed E-state index contributed by atoms with van der Waals surface area (Å²) in [7, 11) is 0. The van der Waals surface area contributed by atoms with Crippen LogP contribution in [0.25, 0.3) is 0 Å². The Morgan fingerprint density at radius 2 is 1.96 bits per heavy atom. The predicted octanol–water partition coefficient (Wildman–Crippen LogP) is 2.21. The number of ether oxygens (including phenoxy) is 1. The van der Waals surface area contributed by atoms with Gasteiger partial charge in [0.25, 0.3) is 17.5 Å². The molecule has 2 amide bonds. The molecule has 0 atom stereocenters. The van der Waals surface area contributed by atoms with Crippen molar-refractivity contribution >= 4 is 28.9 Å². The van der Waals surface area contributed by atoms with E-state index in [1.807, 2.05) is 0 Å². The second kappa shape index (κ2) is 7.10. The molecule has 1 N–H and O–H groups in total. The van der Waals surface area contributed by atoms with Gasteiger partial charge in [-0.25, -0.2) is 0 Å². The van der Waals surface area contributed by atoms with Gasteiger partial charge in [-0.2, -0.15) is 0 Å². The Labute approximate surface area is 143 Å². The molecule has 1 saturated heterocycles. The molecule has 3 rings (SSSR count). The van der Waals surface area contributed by atoms with Crippen LogP contribution in [-0.4, -0.2) is 36.5 Å². The number of nitrogens with zero attached hydrogens (tertiary/aromatic N) is 2. The van der Waals surface area contributed by atoms with Gasteiger partial charge in [0.05, 0.1) is 22.8 Å². The van der Waals surface area contributed by atoms with Gasteiger partial charge in [-0.05, 0) is 18.2 Å². The maximum atomic E-state index is 12.7. The monoisotopic (exact) mass is 341 g/mol. The van der Waals surface area contributed by atoms with Gasteiger partial charge in [-0.3, -0.25) is 19.7 Å². The van der Waals surface area contributed by atoms with E-state index in [1.165, 1.54) is 23.1 Å². The standard InChI is InChI=1S/C17H15N3O5/c21-16-11-25-9-8-19(16)15-7-6-13(20(23)24)10-14(15)17(22)18-12-4-2-1-3-5-12/h1-7,10H,8-9,11H2,(H,18,22). The van der Waals surface area contributed by atoms with Crippen molar-refractivity contribution in [1.82, 2.24) is 0 Å². The van der Waals surface area contributed by atoms with E-state index < -0.39 is 10.8 Å². The summed E-state index contributed by atoms with van der Waals surface area (Å²) in [5, 5.41) is 13.7. The number of benzene rings is 2. The summed E-state index contributed by atoms with van der Waals surface area (Å²) in [6, 6.07) is 12.6. The maximum absolute atomic E-state index is 12.7. The van der Waals surface area contributed by atoms with Crippen LogP contribution in [0.5, 0.6) is 0 Å². The number of rotatable bonds is 4. The van der Waals surface area contributed by atoms with Crippen molar-refractivity contribution in [3.8, 4) is 0 Å². The van der Waals surface area contributed by atoms with Crippen molar-refractivity contribution in [3.63, 3.8) is 0 Å². The Morgan fingerprint density at radius 3 is 2.64 bits per heavy atom. The number of carbonyl (C=O) groups is 2. The first kappa shape index (κ1) is 16.6. The lowest BCUT2D eigenvalue weighted by atomic mass is 10.1. The molecule has 0 unspecified atom stereocenters. The Balaban J connectivity index is 1.99. The summed E-state index contributed by atoms with van der Waals surface area (Å²) in [5.74, 6) is -0.821. The number of morpholine rings is 1. The first-order chi connectivity index (χ1) is 12.1. The molecule has 1 heterocycles.